The number of benzene rings is 3. The van der Waals surface area contributed by atoms with Gasteiger partial charge in [-0.15, -0.1) is 0 Å². The van der Waals surface area contributed by atoms with E-state index < -0.39 is 18.0 Å². The van der Waals surface area contributed by atoms with Crippen molar-refractivity contribution in [2.45, 2.75) is 33.8 Å². The number of carbonyl (C=O) groups is 2. The molecule has 1 aromatic heterocycles. The predicted molar refractivity (Wildman–Crippen MR) is 134 cm³/mol. The summed E-state index contributed by atoms with van der Waals surface area (Å²) in [6.07, 6.45) is -1.09. The topological polar surface area (TPSA) is 60.3 Å². The Morgan fingerprint density at radius 1 is 0.824 bits per heavy atom. The maximum Gasteiger partial charge on any atom is 0.341 e. The van der Waals surface area contributed by atoms with Crippen LogP contribution < -0.4 is 5.32 Å². The molecule has 5 nitrogen and oxygen atoms in total. The zero-order valence-electron chi connectivity index (χ0n) is 19.8. The molecule has 0 aliphatic rings. The largest absolute Gasteiger partial charge is 0.444 e. The average molecular weight is 453 g/mol. The molecule has 0 bridgehead atoms. The van der Waals surface area contributed by atoms with Gasteiger partial charge in [0.05, 0.1) is 5.56 Å². The second-order valence-corrected chi connectivity index (χ2v) is 8.46. The summed E-state index contributed by atoms with van der Waals surface area (Å²) >= 11 is 0. The number of hydrogen-bond acceptors (Lipinski definition) is 3. The molecule has 0 saturated heterocycles. The van der Waals surface area contributed by atoms with Crippen molar-refractivity contribution >= 4 is 17.6 Å². The fourth-order valence-electron chi connectivity index (χ4n) is 4.08. The number of nitrogens with zero attached hydrogens (tertiary/aromatic N) is 1. The SMILES string of the molecule is Cc1ccc(C)c(NC(=O)C(OC(=O)c2cc(C)n(-c3ccccc3)c2C)c2ccccc2)c1. The Hall–Kier alpha value is -4.12. The Kier molecular flexibility index (Phi) is 6.64. The minimum absolute atomic E-state index is 0.398. The molecule has 1 atom stereocenters. The quantitative estimate of drug-likeness (QED) is 0.352. The van der Waals surface area contributed by atoms with E-state index in [9.17, 15) is 9.59 Å². The molecule has 1 amide bonds. The van der Waals surface area contributed by atoms with Gasteiger partial charge in [-0.2, -0.15) is 0 Å². The van der Waals surface area contributed by atoms with Crippen LogP contribution in [0.25, 0.3) is 5.69 Å². The summed E-state index contributed by atoms with van der Waals surface area (Å²) in [6, 6.07) is 26.6. The molecule has 3 aromatic carbocycles. The molecular weight excluding hydrogens is 424 g/mol. The summed E-state index contributed by atoms with van der Waals surface area (Å²) < 4.78 is 7.85. The van der Waals surface area contributed by atoms with Gasteiger partial charge >= 0.3 is 5.97 Å². The van der Waals surface area contributed by atoms with Gasteiger partial charge in [0, 0.05) is 28.3 Å². The van der Waals surface area contributed by atoms with E-state index in [-0.39, 0.29) is 0 Å². The minimum Gasteiger partial charge on any atom is -0.444 e. The first-order valence-corrected chi connectivity index (χ1v) is 11.2. The van der Waals surface area contributed by atoms with Gasteiger partial charge in [-0.25, -0.2) is 4.79 Å². The van der Waals surface area contributed by atoms with Gasteiger partial charge in [0.25, 0.3) is 5.91 Å². The zero-order valence-corrected chi connectivity index (χ0v) is 19.8. The number of rotatable bonds is 6. The van der Waals surface area contributed by atoms with Crippen LogP contribution in [0.4, 0.5) is 5.69 Å². The summed E-state index contributed by atoms with van der Waals surface area (Å²) in [5.41, 5.74) is 6.33. The van der Waals surface area contributed by atoms with Crippen molar-refractivity contribution in [2.24, 2.45) is 0 Å². The van der Waals surface area contributed by atoms with Gasteiger partial charge in [-0.05, 0) is 63.1 Å². The van der Waals surface area contributed by atoms with Gasteiger partial charge in [0.15, 0.2) is 0 Å². The standard InChI is InChI=1S/C29H28N2O3/c1-19-15-16-20(2)26(17-19)30-28(32)27(23-11-7-5-8-12-23)34-29(33)25-18-21(3)31(22(25)4)24-13-9-6-10-14-24/h5-18,27H,1-4H3,(H,30,32). The van der Waals surface area contributed by atoms with Crippen molar-refractivity contribution in [1.82, 2.24) is 4.57 Å². The summed E-state index contributed by atoms with van der Waals surface area (Å²) in [5.74, 6) is -0.939. The highest BCUT2D eigenvalue weighted by Gasteiger charge is 2.28. The average Bonchev–Trinajstić information content (AvgIpc) is 3.14. The highest BCUT2D eigenvalue weighted by molar-refractivity contribution is 5.99. The third-order valence-electron chi connectivity index (χ3n) is 5.88. The van der Waals surface area contributed by atoms with E-state index in [1.54, 1.807) is 18.2 Å². The second-order valence-electron chi connectivity index (χ2n) is 8.46. The number of nitrogens with one attached hydrogen (secondary N) is 1. The summed E-state index contributed by atoms with van der Waals surface area (Å²) in [5, 5.41) is 2.94. The van der Waals surface area contributed by atoms with Crippen LogP contribution in [0.15, 0.2) is 84.9 Å². The van der Waals surface area contributed by atoms with Crippen LogP contribution in [-0.2, 0) is 9.53 Å². The maximum atomic E-state index is 13.3. The minimum atomic E-state index is -1.09. The summed E-state index contributed by atoms with van der Waals surface area (Å²) in [4.78, 5) is 26.6. The highest BCUT2D eigenvalue weighted by atomic mass is 16.5. The molecule has 1 heterocycles. The Morgan fingerprint density at radius 2 is 1.47 bits per heavy atom. The van der Waals surface area contributed by atoms with Crippen LogP contribution in [0.5, 0.6) is 0 Å². The van der Waals surface area contributed by atoms with Crippen molar-refractivity contribution < 1.29 is 14.3 Å². The number of aryl methyl sites for hydroxylation is 3. The lowest BCUT2D eigenvalue weighted by molar-refractivity contribution is -0.125. The number of hydrogen-bond donors (Lipinski definition) is 1. The van der Waals surface area contributed by atoms with Crippen LogP contribution in [0.2, 0.25) is 0 Å². The van der Waals surface area contributed by atoms with Crippen molar-refractivity contribution in [2.75, 3.05) is 5.32 Å². The molecule has 4 aromatic rings. The van der Waals surface area contributed by atoms with Crippen molar-refractivity contribution in [3.63, 3.8) is 0 Å². The van der Waals surface area contributed by atoms with E-state index in [0.29, 0.717) is 16.8 Å². The number of para-hydroxylation sites is 1. The lowest BCUT2D eigenvalue weighted by atomic mass is 10.1. The monoisotopic (exact) mass is 452 g/mol. The van der Waals surface area contributed by atoms with Crippen molar-refractivity contribution in [1.29, 1.82) is 0 Å². The van der Waals surface area contributed by atoms with Crippen molar-refractivity contribution in [3.8, 4) is 5.69 Å². The molecule has 1 unspecified atom stereocenters. The van der Waals surface area contributed by atoms with Crippen LogP contribution in [-0.4, -0.2) is 16.4 Å². The smallest absolute Gasteiger partial charge is 0.341 e. The Labute approximate surface area is 200 Å². The molecule has 0 fully saturated rings. The predicted octanol–water partition coefficient (Wildman–Crippen LogP) is 6.25. The van der Waals surface area contributed by atoms with E-state index >= 15 is 0 Å². The zero-order chi connectivity index (χ0) is 24.2. The first-order valence-electron chi connectivity index (χ1n) is 11.2. The van der Waals surface area contributed by atoms with Crippen LogP contribution in [0, 0.1) is 27.7 Å². The molecule has 4 rings (SSSR count). The summed E-state index contributed by atoms with van der Waals surface area (Å²) in [7, 11) is 0. The van der Waals surface area contributed by atoms with Crippen LogP contribution >= 0.6 is 0 Å². The van der Waals surface area contributed by atoms with Gasteiger partial charge in [-0.3, -0.25) is 4.79 Å². The number of amides is 1. The normalized spacial score (nSPS) is 11.6. The summed E-state index contributed by atoms with van der Waals surface area (Å²) in [6.45, 7) is 7.71. The Balaban J connectivity index is 1.65. The number of aromatic nitrogens is 1. The van der Waals surface area contributed by atoms with E-state index in [4.69, 9.17) is 4.74 Å². The van der Waals surface area contributed by atoms with Gasteiger partial charge in [-0.1, -0.05) is 60.7 Å². The van der Waals surface area contributed by atoms with E-state index in [0.717, 1.165) is 28.2 Å². The molecule has 0 aliphatic carbocycles. The molecule has 5 heteroatoms. The van der Waals surface area contributed by atoms with E-state index in [2.05, 4.69) is 5.32 Å². The number of anilines is 1. The first kappa shape index (κ1) is 23.1. The van der Waals surface area contributed by atoms with Crippen molar-refractivity contribution in [3.05, 3.63) is 119 Å². The third kappa shape index (κ3) is 4.79. The fourth-order valence-corrected chi connectivity index (χ4v) is 4.08. The molecule has 34 heavy (non-hydrogen) atoms. The Morgan fingerprint density at radius 3 is 2.15 bits per heavy atom. The van der Waals surface area contributed by atoms with Gasteiger partial charge in [0.1, 0.15) is 0 Å². The van der Waals surface area contributed by atoms with E-state index in [1.807, 2.05) is 99.0 Å². The van der Waals surface area contributed by atoms with Gasteiger partial charge < -0.3 is 14.6 Å². The van der Waals surface area contributed by atoms with Crippen LogP contribution in [0.1, 0.15) is 44.5 Å². The third-order valence-corrected chi connectivity index (χ3v) is 5.88. The molecular formula is C29H28N2O3. The first-order chi connectivity index (χ1) is 16.3. The van der Waals surface area contributed by atoms with Gasteiger partial charge in [0.2, 0.25) is 6.10 Å². The number of ether oxygens (including phenoxy) is 1. The maximum absolute atomic E-state index is 13.3. The van der Waals surface area contributed by atoms with E-state index in [1.165, 1.54) is 0 Å². The highest BCUT2D eigenvalue weighted by Crippen LogP contribution is 2.26. The lowest BCUT2D eigenvalue weighted by Gasteiger charge is -2.19. The molecule has 0 radical (unpaired) electrons. The second kappa shape index (κ2) is 9.79. The molecule has 172 valence electrons. The molecule has 0 spiro atoms. The fraction of sp³-hybridized carbons (Fsp3) is 0.172. The molecule has 1 N–H and O–H groups in total. The number of esters is 1. The molecule has 0 saturated carbocycles. The molecule has 0 aliphatic heterocycles. The Bertz CT molecular complexity index is 1320. The number of carbonyl (C=O) groups excluding carboxylic acids is 2. The lowest BCUT2D eigenvalue weighted by Crippen LogP contribution is -2.26. The van der Waals surface area contributed by atoms with Crippen LogP contribution in [0.3, 0.4) is 0 Å².